The minimum Gasteiger partial charge on any atom is -0.493 e. The molecule has 3 rings (SSSR count). The quantitative estimate of drug-likeness (QED) is 0.547. The first-order chi connectivity index (χ1) is 16.0. The van der Waals surface area contributed by atoms with E-state index in [0.29, 0.717) is 42.7 Å². The predicted octanol–water partition coefficient (Wildman–Crippen LogP) is 4.45. The van der Waals surface area contributed by atoms with Gasteiger partial charge in [0.1, 0.15) is 0 Å². The van der Waals surface area contributed by atoms with E-state index >= 15 is 0 Å². The summed E-state index contributed by atoms with van der Waals surface area (Å²) in [6.45, 7) is 7.50. The lowest BCUT2D eigenvalue weighted by Gasteiger charge is -2.34. The van der Waals surface area contributed by atoms with Crippen LogP contribution in [0.15, 0.2) is 36.4 Å². The molecule has 33 heavy (non-hydrogen) atoms. The molecule has 2 aromatic rings. The maximum Gasteiger partial charge on any atom is 0.262 e. The Kier molecular flexibility index (Phi) is 10.2. The molecule has 0 atom stereocenters. The van der Waals surface area contributed by atoms with Crippen LogP contribution in [0.5, 0.6) is 11.5 Å². The van der Waals surface area contributed by atoms with E-state index in [1.807, 2.05) is 52.1 Å². The number of ether oxygens (including phenoxy) is 3. The lowest BCUT2D eigenvalue weighted by molar-refractivity contribution is -0.116. The van der Waals surface area contributed by atoms with Crippen molar-refractivity contribution >= 4 is 18.0 Å². The molecule has 0 aromatic heterocycles. The summed E-state index contributed by atoms with van der Waals surface area (Å²) in [5.74, 6) is 0.811. The summed E-state index contributed by atoms with van der Waals surface area (Å²) in [6, 6.07) is 11.4. The number of imide groups is 1. The van der Waals surface area contributed by atoms with Crippen LogP contribution in [-0.2, 0) is 16.1 Å². The van der Waals surface area contributed by atoms with E-state index < -0.39 is 0 Å². The molecule has 7 heteroatoms. The van der Waals surface area contributed by atoms with Gasteiger partial charge in [0.2, 0.25) is 6.41 Å². The molecule has 1 aliphatic rings. The summed E-state index contributed by atoms with van der Waals surface area (Å²) in [5, 5.41) is 0. The van der Waals surface area contributed by atoms with Gasteiger partial charge in [0, 0.05) is 32.0 Å². The number of nitrogens with zero attached hydrogens (tertiary/aromatic N) is 2. The molecule has 0 N–H and O–H groups in total. The Morgan fingerprint density at radius 2 is 1.73 bits per heavy atom. The van der Waals surface area contributed by atoms with Crippen molar-refractivity contribution < 1.29 is 23.8 Å². The van der Waals surface area contributed by atoms with Crippen molar-refractivity contribution in [3.05, 3.63) is 53.1 Å². The SMILES string of the molecule is CC.COc1ccc(CN(C=O)C(=O)c2cc(C)ccc2N(C)C2CCOCC2)cc1OC. The number of hydrogen-bond donors (Lipinski definition) is 0. The third-order valence-corrected chi connectivity index (χ3v) is 5.69. The van der Waals surface area contributed by atoms with Crippen LogP contribution < -0.4 is 14.4 Å². The molecule has 7 nitrogen and oxygen atoms in total. The lowest BCUT2D eigenvalue weighted by Crippen LogP contribution is -2.38. The van der Waals surface area contributed by atoms with Crippen molar-refractivity contribution in [2.24, 2.45) is 0 Å². The molecular formula is C26H36N2O5. The molecule has 0 aliphatic carbocycles. The monoisotopic (exact) mass is 456 g/mol. The van der Waals surface area contributed by atoms with Gasteiger partial charge in [-0.05, 0) is 49.6 Å². The van der Waals surface area contributed by atoms with Gasteiger partial charge in [0.15, 0.2) is 11.5 Å². The number of anilines is 1. The van der Waals surface area contributed by atoms with Gasteiger partial charge in [-0.15, -0.1) is 0 Å². The molecule has 2 aromatic carbocycles. The zero-order valence-corrected chi connectivity index (χ0v) is 20.6. The van der Waals surface area contributed by atoms with Gasteiger partial charge in [-0.3, -0.25) is 14.5 Å². The predicted molar refractivity (Wildman–Crippen MR) is 130 cm³/mol. The summed E-state index contributed by atoms with van der Waals surface area (Å²) in [6.07, 6.45) is 2.39. The van der Waals surface area contributed by atoms with E-state index in [4.69, 9.17) is 14.2 Å². The van der Waals surface area contributed by atoms with Crippen LogP contribution in [-0.4, -0.2) is 57.7 Å². The minimum absolute atomic E-state index is 0.136. The van der Waals surface area contributed by atoms with Crippen LogP contribution in [0.25, 0.3) is 0 Å². The highest BCUT2D eigenvalue weighted by Crippen LogP contribution is 2.30. The van der Waals surface area contributed by atoms with E-state index in [1.54, 1.807) is 26.4 Å². The third kappa shape index (κ3) is 6.48. The molecular weight excluding hydrogens is 420 g/mol. The minimum atomic E-state index is -0.331. The van der Waals surface area contributed by atoms with E-state index in [0.717, 1.165) is 29.7 Å². The number of amides is 2. The van der Waals surface area contributed by atoms with Crippen LogP contribution in [0.1, 0.15) is 48.2 Å². The summed E-state index contributed by atoms with van der Waals surface area (Å²) < 4.78 is 16.1. The number of aryl methyl sites for hydroxylation is 1. The van der Waals surface area contributed by atoms with Crippen LogP contribution >= 0.6 is 0 Å². The van der Waals surface area contributed by atoms with E-state index in [2.05, 4.69) is 4.90 Å². The van der Waals surface area contributed by atoms with Gasteiger partial charge in [0.25, 0.3) is 5.91 Å². The average molecular weight is 457 g/mol. The second kappa shape index (κ2) is 12.8. The molecule has 1 heterocycles. The van der Waals surface area contributed by atoms with Crippen LogP contribution in [0, 0.1) is 6.92 Å². The van der Waals surface area contributed by atoms with E-state index in [-0.39, 0.29) is 12.5 Å². The van der Waals surface area contributed by atoms with Crippen LogP contribution in [0.4, 0.5) is 5.69 Å². The normalized spacial score (nSPS) is 13.4. The Morgan fingerprint density at radius 3 is 2.33 bits per heavy atom. The Bertz CT molecular complexity index is 925. The van der Waals surface area contributed by atoms with E-state index in [1.165, 1.54) is 4.90 Å². The lowest BCUT2D eigenvalue weighted by atomic mass is 10.0. The Balaban J connectivity index is 0.00000187. The molecule has 0 saturated carbocycles. The summed E-state index contributed by atoms with van der Waals surface area (Å²) in [5.41, 5.74) is 3.07. The van der Waals surface area contributed by atoms with Crippen molar-refractivity contribution in [3.8, 4) is 11.5 Å². The molecule has 1 aliphatic heterocycles. The fourth-order valence-corrected chi connectivity index (χ4v) is 3.89. The summed E-state index contributed by atoms with van der Waals surface area (Å²) >= 11 is 0. The Morgan fingerprint density at radius 1 is 1.06 bits per heavy atom. The summed E-state index contributed by atoms with van der Waals surface area (Å²) in [7, 11) is 5.11. The number of benzene rings is 2. The topological polar surface area (TPSA) is 68.3 Å². The molecule has 0 radical (unpaired) electrons. The molecule has 1 saturated heterocycles. The number of rotatable bonds is 8. The van der Waals surface area contributed by atoms with Gasteiger partial charge in [0.05, 0.1) is 26.3 Å². The molecule has 2 amide bonds. The first-order valence-electron chi connectivity index (χ1n) is 11.4. The molecule has 180 valence electrons. The third-order valence-electron chi connectivity index (χ3n) is 5.69. The number of carbonyl (C=O) groups is 2. The highest BCUT2D eigenvalue weighted by Gasteiger charge is 2.25. The zero-order valence-electron chi connectivity index (χ0n) is 20.6. The summed E-state index contributed by atoms with van der Waals surface area (Å²) in [4.78, 5) is 28.6. The van der Waals surface area contributed by atoms with Gasteiger partial charge < -0.3 is 19.1 Å². The van der Waals surface area contributed by atoms with Crippen LogP contribution in [0.3, 0.4) is 0 Å². The van der Waals surface area contributed by atoms with Crippen molar-refractivity contribution in [2.45, 2.75) is 46.2 Å². The highest BCUT2D eigenvalue weighted by molar-refractivity contribution is 6.04. The highest BCUT2D eigenvalue weighted by atomic mass is 16.5. The van der Waals surface area contributed by atoms with Crippen molar-refractivity contribution in [3.63, 3.8) is 0 Å². The maximum absolute atomic E-state index is 13.4. The van der Waals surface area contributed by atoms with Gasteiger partial charge >= 0.3 is 0 Å². The van der Waals surface area contributed by atoms with Crippen molar-refractivity contribution in [2.75, 3.05) is 39.4 Å². The van der Waals surface area contributed by atoms with Crippen LogP contribution in [0.2, 0.25) is 0 Å². The van der Waals surface area contributed by atoms with Crippen molar-refractivity contribution in [1.29, 1.82) is 0 Å². The molecule has 1 fully saturated rings. The number of carbonyl (C=O) groups excluding carboxylic acids is 2. The van der Waals surface area contributed by atoms with Gasteiger partial charge in [-0.25, -0.2) is 0 Å². The largest absolute Gasteiger partial charge is 0.493 e. The van der Waals surface area contributed by atoms with Crippen molar-refractivity contribution in [1.82, 2.24) is 4.90 Å². The first-order valence-corrected chi connectivity index (χ1v) is 11.4. The first kappa shape index (κ1) is 26.2. The van der Waals surface area contributed by atoms with Gasteiger partial charge in [-0.2, -0.15) is 0 Å². The zero-order chi connectivity index (χ0) is 24.4. The average Bonchev–Trinajstić information content (AvgIpc) is 2.87. The fraction of sp³-hybridized carbons (Fsp3) is 0.462. The second-order valence-corrected chi connectivity index (χ2v) is 7.70. The number of hydrogen-bond acceptors (Lipinski definition) is 6. The molecule has 0 spiro atoms. The fourth-order valence-electron chi connectivity index (χ4n) is 3.89. The van der Waals surface area contributed by atoms with Gasteiger partial charge in [-0.1, -0.05) is 31.5 Å². The second-order valence-electron chi connectivity index (χ2n) is 7.70. The smallest absolute Gasteiger partial charge is 0.262 e. The molecule has 0 bridgehead atoms. The molecule has 0 unspecified atom stereocenters. The Labute approximate surface area is 197 Å². The Hall–Kier alpha value is -3.06. The van der Waals surface area contributed by atoms with E-state index in [9.17, 15) is 9.59 Å². The maximum atomic E-state index is 13.4. The number of methoxy groups -OCH3 is 2. The standard InChI is InChI=1S/C24H30N2O5.C2H6/c1-17-5-7-21(25(2)19-9-11-31-12-10-19)20(13-17)24(28)26(16-27)15-18-6-8-22(29-3)23(14-18)30-4;1-2/h5-8,13-14,16,19H,9-12,15H2,1-4H3;1-2H3.